The molecule has 7 aromatic carbocycles. The molecular formula is C52H37N5. The van der Waals surface area contributed by atoms with Gasteiger partial charge in [-0.25, -0.2) is 24.9 Å². The molecule has 2 aromatic heterocycles. The summed E-state index contributed by atoms with van der Waals surface area (Å²) in [6.45, 7) is 4.59. The standard InChI is InChI=1S/C52H37N5/c1-52(2)44-24-13-12-23-42(44)43-30-29-41(32-45(43)52)51-56-49(38-19-10-5-11-20-38)55-50(57-51)40-22-14-21-39(31-40)34-25-27-36(28-26-34)47-33-46(35-15-6-3-7-16-35)53-48(54-47)37-17-8-4-9-18-37/h3-33H,1-2H3. The highest BCUT2D eigenvalue weighted by Crippen LogP contribution is 2.49. The summed E-state index contributed by atoms with van der Waals surface area (Å²) in [5, 5.41) is 0. The van der Waals surface area contributed by atoms with Crippen LogP contribution < -0.4 is 0 Å². The number of benzene rings is 7. The van der Waals surface area contributed by atoms with E-state index in [-0.39, 0.29) is 5.41 Å². The molecule has 1 aliphatic rings. The molecule has 0 atom stereocenters. The van der Waals surface area contributed by atoms with Crippen molar-refractivity contribution in [3.05, 3.63) is 199 Å². The highest BCUT2D eigenvalue weighted by Gasteiger charge is 2.35. The van der Waals surface area contributed by atoms with Crippen LogP contribution in [0, 0.1) is 0 Å². The van der Waals surface area contributed by atoms with Crippen LogP contribution in [-0.2, 0) is 5.41 Å². The van der Waals surface area contributed by atoms with Gasteiger partial charge in [-0.15, -0.1) is 0 Å². The van der Waals surface area contributed by atoms with E-state index in [4.69, 9.17) is 24.9 Å². The summed E-state index contributed by atoms with van der Waals surface area (Å²) in [5.74, 6) is 2.62. The lowest BCUT2D eigenvalue weighted by Gasteiger charge is -2.21. The Morgan fingerprint density at radius 2 is 0.702 bits per heavy atom. The van der Waals surface area contributed by atoms with Crippen LogP contribution in [0.2, 0.25) is 0 Å². The zero-order valence-corrected chi connectivity index (χ0v) is 31.6. The summed E-state index contributed by atoms with van der Waals surface area (Å²) in [6, 6.07) is 65.0. The lowest BCUT2D eigenvalue weighted by molar-refractivity contribution is 0.660. The largest absolute Gasteiger partial charge is 0.228 e. The minimum atomic E-state index is -0.133. The molecule has 0 spiro atoms. The number of fused-ring (bicyclic) bond motifs is 3. The van der Waals surface area contributed by atoms with Gasteiger partial charge in [-0.2, -0.15) is 0 Å². The van der Waals surface area contributed by atoms with Gasteiger partial charge in [-0.3, -0.25) is 0 Å². The van der Waals surface area contributed by atoms with Crippen molar-refractivity contribution in [3.8, 4) is 90.3 Å². The van der Waals surface area contributed by atoms with Crippen molar-refractivity contribution in [1.82, 2.24) is 24.9 Å². The van der Waals surface area contributed by atoms with Crippen LogP contribution in [0.4, 0.5) is 0 Å². The Morgan fingerprint density at radius 1 is 0.281 bits per heavy atom. The molecule has 0 N–H and O–H groups in total. The third-order valence-corrected chi connectivity index (χ3v) is 11.0. The molecule has 0 bridgehead atoms. The maximum absolute atomic E-state index is 5.14. The van der Waals surface area contributed by atoms with E-state index in [2.05, 4.69) is 123 Å². The fourth-order valence-corrected chi connectivity index (χ4v) is 7.93. The first-order valence-electron chi connectivity index (χ1n) is 19.3. The molecule has 0 amide bonds. The van der Waals surface area contributed by atoms with Crippen LogP contribution in [-0.4, -0.2) is 24.9 Å². The lowest BCUT2D eigenvalue weighted by Crippen LogP contribution is -2.15. The zero-order valence-electron chi connectivity index (χ0n) is 31.6. The minimum absolute atomic E-state index is 0.133. The summed E-state index contributed by atoms with van der Waals surface area (Å²) in [4.78, 5) is 25.2. The van der Waals surface area contributed by atoms with Crippen LogP contribution in [0.5, 0.6) is 0 Å². The Hall–Kier alpha value is -7.37. The molecule has 0 saturated carbocycles. The second kappa shape index (κ2) is 14.0. The fourth-order valence-electron chi connectivity index (χ4n) is 7.93. The summed E-state index contributed by atoms with van der Waals surface area (Å²) < 4.78 is 0. The Labute approximate surface area is 332 Å². The second-order valence-corrected chi connectivity index (χ2v) is 15.0. The van der Waals surface area contributed by atoms with Gasteiger partial charge in [0.25, 0.3) is 0 Å². The normalized spacial score (nSPS) is 12.5. The van der Waals surface area contributed by atoms with Crippen LogP contribution >= 0.6 is 0 Å². The third-order valence-electron chi connectivity index (χ3n) is 11.0. The number of hydrogen-bond donors (Lipinski definition) is 0. The van der Waals surface area contributed by atoms with Crippen LogP contribution in [0.3, 0.4) is 0 Å². The zero-order chi connectivity index (χ0) is 38.3. The van der Waals surface area contributed by atoms with Crippen molar-refractivity contribution in [2.75, 3.05) is 0 Å². The van der Waals surface area contributed by atoms with Gasteiger partial charge in [0.05, 0.1) is 11.4 Å². The quantitative estimate of drug-likeness (QED) is 0.163. The van der Waals surface area contributed by atoms with E-state index >= 15 is 0 Å². The molecular weight excluding hydrogens is 695 g/mol. The molecule has 0 saturated heterocycles. The average molecular weight is 732 g/mol. The van der Waals surface area contributed by atoms with E-state index in [0.717, 1.165) is 55.9 Å². The third kappa shape index (κ3) is 6.39. The van der Waals surface area contributed by atoms with Gasteiger partial charge >= 0.3 is 0 Å². The molecule has 9 aromatic rings. The van der Waals surface area contributed by atoms with Crippen LogP contribution in [0.25, 0.3) is 90.3 Å². The highest BCUT2D eigenvalue weighted by molar-refractivity contribution is 5.83. The van der Waals surface area contributed by atoms with Gasteiger partial charge in [-0.1, -0.05) is 184 Å². The number of hydrogen-bond acceptors (Lipinski definition) is 5. The van der Waals surface area contributed by atoms with E-state index in [1.54, 1.807) is 0 Å². The predicted molar refractivity (Wildman–Crippen MR) is 231 cm³/mol. The van der Waals surface area contributed by atoms with Crippen molar-refractivity contribution in [1.29, 1.82) is 0 Å². The molecule has 5 heteroatoms. The molecule has 5 nitrogen and oxygen atoms in total. The van der Waals surface area contributed by atoms with Gasteiger partial charge in [-0.05, 0) is 51.6 Å². The van der Waals surface area contributed by atoms with Crippen LogP contribution in [0.1, 0.15) is 25.0 Å². The van der Waals surface area contributed by atoms with Crippen molar-refractivity contribution in [2.24, 2.45) is 0 Å². The van der Waals surface area contributed by atoms with E-state index in [0.29, 0.717) is 23.3 Å². The van der Waals surface area contributed by atoms with Gasteiger partial charge in [0, 0.05) is 38.8 Å². The number of aromatic nitrogens is 5. The number of rotatable bonds is 7. The maximum Gasteiger partial charge on any atom is 0.164 e. The smallest absolute Gasteiger partial charge is 0.164 e. The van der Waals surface area contributed by atoms with Crippen molar-refractivity contribution >= 4 is 0 Å². The van der Waals surface area contributed by atoms with Crippen LogP contribution in [0.15, 0.2) is 188 Å². The fraction of sp³-hybridized carbons (Fsp3) is 0.0577. The Morgan fingerprint density at radius 3 is 1.33 bits per heavy atom. The molecule has 0 radical (unpaired) electrons. The topological polar surface area (TPSA) is 64.5 Å². The van der Waals surface area contributed by atoms with E-state index in [1.807, 2.05) is 78.9 Å². The minimum Gasteiger partial charge on any atom is -0.228 e. The summed E-state index contributed by atoms with van der Waals surface area (Å²) in [7, 11) is 0. The Balaban J connectivity index is 1.02. The second-order valence-electron chi connectivity index (χ2n) is 15.0. The van der Waals surface area contributed by atoms with Crippen molar-refractivity contribution in [2.45, 2.75) is 19.3 Å². The van der Waals surface area contributed by atoms with Crippen molar-refractivity contribution in [3.63, 3.8) is 0 Å². The SMILES string of the molecule is CC1(C)c2ccccc2-c2ccc(-c3nc(-c4ccccc4)nc(-c4cccc(-c5ccc(-c6cc(-c7ccccc7)nc(-c7ccccc7)n6)cc5)c4)n3)cc21. The monoisotopic (exact) mass is 731 g/mol. The Kier molecular flexibility index (Phi) is 8.41. The first kappa shape index (κ1) is 34.1. The number of nitrogens with zero attached hydrogens (tertiary/aromatic N) is 5. The highest BCUT2D eigenvalue weighted by atomic mass is 15.0. The Bertz CT molecular complexity index is 2850. The van der Waals surface area contributed by atoms with E-state index < -0.39 is 0 Å². The lowest BCUT2D eigenvalue weighted by atomic mass is 9.82. The summed E-state index contributed by atoms with van der Waals surface area (Å²) >= 11 is 0. The summed E-state index contributed by atoms with van der Waals surface area (Å²) in [5.41, 5.74) is 14.8. The molecule has 2 heterocycles. The molecule has 0 aliphatic heterocycles. The molecule has 1 aliphatic carbocycles. The van der Waals surface area contributed by atoms with E-state index in [1.165, 1.54) is 22.3 Å². The molecule has 270 valence electrons. The van der Waals surface area contributed by atoms with Gasteiger partial charge < -0.3 is 0 Å². The first-order chi connectivity index (χ1) is 28.0. The molecule has 57 heavy (non-hydrogen) atoms. The molecule has 0 unspecified atom stereocenters. The van der Waals surface area contributed by atoms with Crippen molar-refractivity contribution < 1.29 is 0 Å². The summed E-state index contributed by atoms with van der Waals surface area (Å²) in [6.07, 6.45) is 0. The van der Waals surface area contributed by atoms with Gasteiger partial charge in [0.2, 0.25) is 0 Å². The average Bonchev–Trinajstić information content (AvgIpc) is 3.52. The predicted octanol–water partition coefficient (Wildman–Crippen LogP) is 12.6. The van der Waals surface area contributed by atoms with Gasteiger partial charge in [0.15, 0.2) is 23.3 Å². The maximum atomic E-state index is 5.14. The molecule has 10 rings (SSSR count). The van der Waals surface area contributed by atoms with E-state index in [9.17, 15) is 0 Å². The molecule has 0 fully saturated rings. The first-order valence-corrected chi connectivity index (χ1v) is 19.3. The van der Waals surface area contributed by atoms with Gasteiger partial charge in [0.1, 0.15) is 0 Å².